The van der Waals surface area contributed by atoms with Crippen molar-refractivity contribution in [2.45, 2.75) is 39.0 Å². The third-order valence-electron chi connectivity index (χ3n) is 4.55. The molecule has 134 valence electrons. The van der Waals surface area contributed by atoms with Gasteiger partial charge in [-0.1, -0.05) is 72.8 Å². The largest absolute Gasteiger partial charge is 0.489 e. The molecule has 2 nitrogen and oxygen atoms in total. The number of hydrogen-bond acceptors (Lipinski definition) is 2. The third-order valence-corrected chi connectivity index (χ3v) is 4.55. The van der Waals surface area contributed by atoms with Gasteiger partial charge in [-0.15, -0.1) is 0 Å². The van der Waals surface area contributed by atoms with Gasteiger partial charge in [0.15, 0.2) is 0 Å². The van der Waals surface area contributed by atoms with Crippen LogP contribution in [0.2, 0.25) is 0 Å². The van der Waals surface area contributed by atoms with Crippen LogP contribution >= 0.6 is 0 Å². The lowest BCUT2D eigenvalue weighted by Crippen LogP contribution is -2.30. The average Bonchev–Trinajstić information content (AvgIpc) is 2.69. The summed E-state index contributed by atoms with van der Waals surface area (Å²) in [5.41, 5.74) is 3.82. The van der Waals surface area contributed by atoms with Crippen LogP contribution in [0.25, 0.3) is 0 Å². The first-order valence-electron chi connectivity index (χ1n) is 9.27. The number of rotatable bonds is 8. The van der Waals surface area contributed by atoms with Crippen LogP contribution < -0.4 is 10.1 Å². The molecule has 0 aliphatic carbocycles. The van der Waals surface area contributed by atoms with E-state index < -0.39 is 0 Å². The molecular formula is C24H27NO. The average molecular weight is 345 g/mol. The van der Waals surface area contributed by atoms with E-state index in [0.29, 0.717) is 18.7 Å². The fourth-order valence-corrected chi connectivity index (χ4v) is 3.14. The summed E-state index contributed by atoms with van der Waals surface area (Å²) in [4.78, 5) is 0. The molecule has 0 aliphatic heterocycles. The van der Waals surface area contributed by atoms with Gasteiger partial charge in [-0.2, -0.15) is 0 Å². The lowest BCUT2D eigenvalue weighted by Gasteiger charge is -2.20. The minimum atomic E-state index is 0.347. The molecule has 0 bridgehead atoms. The Hall–Kier alpha value is -2.58. The first kappa shape index (κ1) is 18.2. The molecule has 0 spiro atoms. The van der Waals surface area contributed by atoms with Crippen molar-refractivity contribution in [2.24, 2.45) is 0 Å². The van der Waals surface area contributed by atoms with Gasteiger partial charge in [-0.3, -0.25) is 0 Å². The van der Waals surface area contributed by atoms with E-state index in [1.54, 1.807) is 0 Å². The Kier molecular flexibility index (Phi) is 6.45. The van der Waals surface area contributed by atoms with Crippen molar-refractivity contribution in [1.29, 1.82) is 0 Å². The van der Waals surface area contributed by atoms with Crippen LogP contribution in [0.4, 0.5) is 0 Å². The quantitative estimate of drug-likeness (QED) is 0.578. The van der Waals surface area contributed by atoms with E-state index >= 15 is 0 Å². The monoisotopic (exact) mass is 345 g/mol. The van der Waals surface area contributed by atoms with Crippen LogP contribution in [0.3, 0.4) is 0 Å². The summed E-state index contributed by atoms with van der Waals surface area (Å²) in [5.74, 6) is 0.913. The van der Waals surface area contributed by atoms with Gasteiger partial charge >= 0.3 is 0 Å². The van der Waals surface area contributed by atoms with E-state index in [1.165, 1.54) is 16.7 Å². The van der Waals surface area contributed by atoms with Crippen LogP contribution in [0.5, 0.6) is 5.75 Å². The molecule has 26 heavy (non-hydrogen) atoms. The summed E-state index contributed by atoms with van der Waals surface area (Å²) in [5, 5.41) is 3.67. The van der Waals surface area contributed by atoms with Crippen molar-refractivity contribution >= 4 is 0 Å². The maximum Gasteiger partial charge on any atom is 0.119 e. The molecule has 0 saturated carbocycles. The van der Waals surface area contributed by atoms with Crippen molar-refractivity contribution in [1.82, 2.24) is 5.32 Å². The second kappa shape index (κ2) is 9.21. The first-order valence-corrected chi connectivity index (χ1v) is 9.27. The highest BCUT2D eigenvalue weighted by molar-refractivity contribution is 5.28. The topological polar surface area (TPSA) is 21.3 Å². The number of hydrogen-bond donors (Lipinski definition) is 1. The van der Waals surface area contributed by atoms with Crippen molar-refractivity contribution in [3.63, 3.8) is 0 Å². The highest BCUT2D eigenvalue weighted by Crippen LogP contribution is 2.17. The Morgan fingerprint density at radius 3 is 2.00 bits per heavy atom. The molecule has 0 aliphatic rings. The van der Waals surface area contributed by atoms with E-state index in [9.17, 15) is 0 Å². The molecule has 1 N–H and O–H groups in total. The van der Waals surface area contributed by atoms with Gasteiger partial charge in [0, 0.05) is 12.1 Å². The normalized spacial score (nSPS) is 13.2. The van der Waals surface area contributed by atoms with Crippen molar-refractivity contribution in [3.8, 4) is 5.75 Å². The molecule has 0 radical (unpaired) electrons. The standard InChI is InChI=1S/C24H27NO/c1-19(25-20(2)23-11-7-4-8-12-23)17-21-13-15-24(16-14-21)26-18-22-9-5-3-6-10-22/h3-16,19-20,25H,17-18H2,1-2H3/t19-,20-/m1/s1. The summed E-state index contributed by atoms with van der Waals surface area (Å²) < 4.78 is 5.86. The summed E-state index contributed by atoms with van der Waals surface area (Å²) in [6.07, 6.45) is 0.996. The van der Waals surface area contributed by atoms with Gasteiger partial charge in [0.05, 0.1) is 0 Å². The Bertz CT molecular complexity index is 768. The zero-order valence-corrected chi connectivity index (χ0v) is 15.6. The summed E-state index contributed by atoms with van der Waals surface area (Å²) >= 11 is 0. The van der Waals surface area contributed by atoms with Crippen LogP contribution in [-0.4, -0.2) is 6.04 Å². The van der Waals surface area contributed by atoms with E-state index in [0.717, 1.165) is 12.2 Å². The molecule has 0 fully saturated rings. The predicted molar refractivity (Wildman–Crippen MR) is 108 cm³/mol. The van der Waals surface area contributed by atoms with E-state index in [-0.39, 0.29) is 0 Å². The van der Waals surface area contributed by atoms with Crippen molar-refractivity contribution in [3.05, 3.63) is 102 Å². The first-order chi connectivity index (χ1) is 12.7. The number of benzene rings is 3. The molecule has 0 saturated heterocycles. The maximum atomic E-state index is 5.86. The number of ether oxygens (including phenoxy) is 1. The maximum absolute atomic E-state index is 5.86. The van der Waals surface area contributed by atoms with E-state index in [1.807, 2.05) is 18.2 Å². The zero-order chi connectivity index (χ0) is 18.2. The molecule has 2 atom stereocenters. The summed E-state index contributed by atoms with van der Waals surface area (Å²) in [6.45, 7) is 5.05. The van der Waals surface area contributed by atoms with Crippen LogP contribution in [-0.2, 0) is 13.0 Å². The van der Waals surface area contributed by atoms with Gasteiger partial charge in [0.1, 0.15) is 12.4 Å². The minimum absolute atomic E-state index is 0.347. The van der Waals surface area contributed by atoms with E-state index in [4.69, 9.17) is 4.74 Å². The Labute approximate surface area is 156 Å². The summed E-state index contributed by atoms with van der Waals surface area (Å²) in [7, 11) is 0. The second-order valence-corrected chi connectivity index (χ2v) is 6.82. The number of nitrogens with one attached hydrogen (secondary N) is 1. The van der Waals surface area contributed by atoms with Gasteiger partial charge in [0.25, 0.3) is 0 Å². The lowest BCUT2D eigenvalue weighted by atomic mass is 10.0. The van der Waals surface area contributed by atoms with Gasteiger partial charge in [-0.25, -0.2) is 0 Å². The third kappa shape index (κ3) is 5.47. The highest BCUT2D eigenvalue weighted by Gasteiger charge is 2.10. The van der Waals surface area contributed by atoms with Crippen molar-refractivity contribution in [2.75, 3.05) is 0 Å². The van der Waals surface area contributed by atoms with E-state index in [2.05, 4.69) is 85.9 Å². The molecule has 0 aromatic heterocycles. The Morgan fingerprint density at radius 1 is 0.731 bits per heavy atom. The minimum Gasteiger partial charge on any atom is -0.489 e. The van der Waals surface area contributed by atoms with Crippen LogP contribution in [0.15, 0.2) is 84.9 Å². The Morgan fingerprint density at radius 2 is 1.35 bits per heavy atom. The molecule has 3 aromatic rings. The second-order valence-electron chi connectivity index (χ2n) is 6.82. The van der Waals surface area contributed by atoms with Crippen LogP contribution in [0.1, 0.15) is 36.6 Å². The lowest BCUT2D eigenvalue weighted by molar-refractivity contribution is 0.306. The highest BCUT2D eigenvalue weighted by atomic mass is 16.5. The van der Waals surface area contributed by atoms with Gasteiger partial charge in [-0.05, 0) is 49.1 Å². The molecule has 3 aromatic carbocycles. The van der Waals surface area contributed by atoms with Crippen molar-refractivity contribution < 1.29 is 4.74 Å². The SMILES string of the molecule is C[C@H](Cc1ccc(OCc2ccccc2)cc1)N[C@H](C)c1ccccc1. The molecule has 0 amide bonds. The zero-order valence-electron chi connectivity index (χ0n) is 15.6. The summed E-state index contributed by atoms with van der Waals surface area (Å²) in [6, 6.07) is 30.0. The predicted octanol–water partition coefficient (Wildman–Crippen LogP) is 5.55. The Balaban J connectivity index is 1.49. The molecule has 0 heterocycles. The van der Waals surface area contributed by atoms with Gasteiger partial charge < -0.3 is 10.1 Å². The fraction of sp³-hybridized carbons (Fsp3) is 0.250. The van der Waals surface area contributed by atoms with Gasteiger partial charge in [0.2, 0.25) is 0 Å². The van der Waals surface area contributed by atoms with Crippen LogP contribution in [0, 0.1) is 0 Å². The molecule has 2 heteroatoms. The molecule has 0 unspecified atom stereocenters. The molecular weight excluding hydrogens is 318 g/mol. The molecule has 3 rings (SSSR count). The fourth-order valence-electron chi connectivity index (χ4n) is 3.14. The smallest absolute Gasteiger partial charge is 0.119 e.